The van der Waals surface area contributed by atoms with E-state index < -0.39 is 23.8 Å². The summed E-state index contributed by atoms with van der Waals surface area (Å²) >= 11 is 0. The second-order valence-electron chi connectivity index (χ2n) is 7.69. The van der Waals surface area contributed by atoms with E-state index in [-0.39, 0.29) is 6.42 Å². The first-order chi connectivity index (χ1) is 14.4. The van der Waals surface area contributed by atoms with Crippen molar-refractivity contribution in [3.8, 4) is 0 Å². The molecular formula is C23H44O7. The van der Waals surface area contributed by atoms with Crippen molar-refractivity contribution in [3.63, 3.8) is 0 Å². The first kappa shape index (κ1) is 28.8. The van der Waals surface area contributed by atoms with Gasteiger partial charge < -0.3 is 24.4 Å². The van der Waals surface area contributed by atoms with E-state index in [0.717, 1.165) is 44.9 Å². The van der Waals surface area contributed by atoms with Gasteiger partial charge in [0.2, 0.25) is 0 Å². The molecule has 0 saturated carbocycles. The second-order valence-corrected chi connectivity index (χ2v) is 7.69. The molecule has 0 aliphatic rings. The molecule has 0 radical (unpaired) electrons. The lowest BCUT2D eigenvalue weighted by molar-refractivity contribution is -0.380. The largest absolute Gasteiger partial charge is 0.481 e. The van der Waals surface area contributed by atoms with Crippen molar-refractivity contribution >= 4 is 11.9 Å². The van der Waals surface area contributed by atoms with Crippen LogP contribution < -0.4 is 0 Å². The van der Waals surface area contributed by atoms with E-state index in [1.165, 1.54) is 25.7 Å². The van der Waals surface area contributed by atoms with Crippen LogP contribution in [0.5, 0.6) is 0 Å². The zero-order valence-corrected chi connectivity index (χ0v) is 19.3. The van der Waals surface area contributed by atoms with Crippen LogP contribution in [0.25, 0.3) is 0 Å². The highest BCUT2D eigenvalue weighted by molar-refractivity contribution is 5.77. The number of carboxylic acid groups (broad SMARTS) is 2. The molecule has 0 amide bonds. The molecule has 0 saturated heterocycles. The molecule has 1 atom stereocenters. The molecule has 0 bridgehead atoms. The van der Waals surface area contributed by atoms with Crippen LogP contribution in [-0.2, 0) is 23.8 Å². The number of carbonyl (C=O) groups is 2. The number of carboxylic acids is 2. The van der Waals surface area contributed by atoms with Crippen molar-refractivity contribution in [2.24, 2.45) is 5.92 Å². The summed E-state index contributed by atoms with van der Waals surface area (Å²) in [6.07, 6.45) is 11.9. The Kier molecular flexibility index (Phi) is 17.8. The summed E-state index contributed by atoms with van der Waals surface area (Å²) in [6, 6.07) is 0. The van der Waals surface area contributed by atoms with Crippen molar-refractivity contribution < 1.29 is 34.0 Å². The predicted molar refractivity (Wildman–Crippen MR) is 116 cm³/mol. The lowest BCUT2D eigenvalue weighted by Crippen LogP contribution is -2.39. The zero-order valence-electron chi connectivity index (χ0n) is 19.3. The average Bonchev–Trinajstić information content (AvgIpc) is 2.68. The molecular weight excluding hydrogens is 388 g/mol. The molecule has 30 heavy (non-hydrogen) atoms. The molecule has 0 fully saturated rings. The Morgan fingerprint density at radius 2 is 1.10 bits per heavy atom. The topological polar surface area (TPSA) is 102 Å². The third kappa shape index (κ3) is 14.7. The molecule has 7 nitrogen and oxygen atoms in total. The van der Waals surface area contributed by atoms with E-state index in [1.54, 1.807) is 0 Å². The highest BCUT2D eigenvalue weighted by atomic mass is 16.9. The van der Waals surface area contributed by atoms with Gasteiger partial charge in [-0.2, -0.15) is 0 Å². The Morgan fingerprint density at radius 1 is 0.700 bits per heavy atom. The van der Waals surface area contributed by atoms with Gasteiger partial charge in [-0.25, -0.2) is 0 Å². The van der Waals surface area contributed by atoms with Crippen LogP contribution in [-0.4, -0.2) is 47.9 Å². The molecule has 178 valence electrons. The van der Waals surface area contributed by atoms with Gasteiger partial charge in [0.15, 0.2) is 0 Å². The quantitative estimate of drug-likeness (QED) is 0.169. The van der Waals surface area contributed by atoms with Crippen molar-refractivity contribution in [1.29, 1.82) is 0 Å². The third-order valence-corrected chi connectivity index (χ3v) is 5.15. The lowest BCUT2D eigenvalue weighted by atomic mass is 9.97. The molecule has 0 aromatic heterocycles. The summed E-state index contributed by atoms with van der Waals surface area (Å²) in [5.41, 5.74) is 0. The third-order valence-electron chi connectivity index (χ3n) is 5.15. The van der Waals surface area contributed by atoms with Gasteiger partial charge in [-0.05, 0) is 33.6 Å². The number of ether oxygens (including phenoxy) is 3. The van der Waals surface area contributed by atoms with E-state index in [2.05, 4.69) is 0 Å². The van der Waals surface area contributed by atoms with Gasteiger partial charge in [-0.3, -0.25) is 9.59 Å². The van der Waals surface area contributed by atoms with Crippen molar-refractivity contribution in [3.05, 3.63) is 0 Å². The smallest absolute Gasteiger partial charge is 0.307 e. The molecule has 0 aromatic rings. The number of unbranched alkanes of at least 4 members (excludes halogenated alkanes) is 9. The van der Waals surface area contributed by atoms with Crippen molar-refractivity contribution in [2.75, 3.05) is 19.8 Å². The molecule has 2 N–H and O–H groups in total. The Morgan fingerprint density at radius 3 is 1.47 bits per heavy atom. The fourth-order valence-electron chi connectivity index (χ4n) is 3.67. The van der Waals surface area contributed by atoms with Crippen molar-refractivity contribution in [2.45, 2.75) is 110 Å². The van der Waals surface area contributed by atoms with Gasteiger partial charge in [0, 0.05) is 26.2 Å². The number of hydrogen-bond acceptors (Lipinski definition) is 5. The maximum Gasteiger partial charge on any atom is 0.307 e. The van der Waals surface area contributed by atoms with Crippen LogP contribution in [0.1, 0.15) is 104 Å². The maximum absolute atomic E-state index is 11.0. The van der Waals surface area contributed by atoms with Gasteiger partial charge in [0.05, 0.1) is 12.3 Å². The number of rotatable bonds is 22. The van der Waals surface area contributed by atoms with E-state index >= 15 is 0 Å². The molecule has 0 rings (SSSR count). The summed E-state index contributed by atoms with van der Waals surface area (Å²) < 4.78 is 17.2. The molecule has 0 aliphatic heterocycles. The van der Waals surface area contributed by atoms with Crippen molar-refractivity contribution in [1.82, 2.24) is 0 Å². The molecule has 0 heterocycles. The van der Waals surface area contributed by atoms with E-state index in [0.29, 0.717) is 26.2 Å². The minimum Gasteiger partial charge on any atom is -0.481 e. The molecule has 7 heteroatoms. The Balaban J connectivity index is 3.71. The first-order valence-corrected chi connectivity index (χ1v) is 11.8. The first-order valence-electron chi connectivity index (χ1n) is 11.8. The summed E-state index contributed by atoms with van der Waals surface area (Å²) in [5.74, 6) is -3.68. The van der Waals surface area contributed by atoms with Crippen LogP contribution in [0.2, 0.25) is 0 Å². The van der Waals surface area contributed by atoms with Gasteiger partial charge >= 0.3 is 11.9 Å². The fourth-order valence-corrected chi connectivity index (χ4v) is 3.67. The highest BCUT2D eigenvalue weighted by Gasteiger charge is 2.31. The minimum atomic E-state index is -1.04. The standard InChI is InChI=1S/C23H44O7/c1-4-28-23(29-5-2,30-6-3)18-16-14-12-10-8-7-9-11-13-15-17-20(22(26)27)19-21(24)25/h20H,4-19H2,1-3H3,(H,24,25)(H,26,27). The van der Waals surface area contributed by atoms with Gasteiger partial charge in [0.25, 0.3) is 5.97 Å². The maximum atomic E-state index is 11.0. The summed E-state index contributed by atoms with van der Waals surface area (Å²) in [7, 11) is 0. The SMILES string of the molecule is CCOC(CCCCCCCCCCCCC(CC(=O)O)C(=O)O)(OCC)OCC. The Labute approximate surface area is 182 Å². The molecule has 0 aliphatic carbocycles. The van der Waals surface area contributed by atoms with E-state index in [9.17, 15) is 9.59 Å². The van der Waals surface area contributed by atoms with Gasteiger partial charge in [-0.15, -0.1) is 0 Å². The number of hydrogen-bond donors (Lipinski definition) is 2. The average molecular weight is 433 g/mol. The summed E-state index contributed by atoms with van der Waals surface area (Å²) in [6.45, 7) is 7.55. The van der Waals surface area contributed by atoms with Gasteiger partial charge in [0.1, 0.15) is 0 Å². The second kappa shape index (κ2) is 18.6. The molecule has 1 unspecified atom stereocenters. The molecule has 0 aromatic carbocycles. The van der Waals surface area contributed by atoms with Crippen LogP contribution in [0.3, 0.4) is 0 Å². The van der Waals surface area contributed by atoms with Crippen LogP contribution >= 0.6 is 0 Å². The van der Waals surface area contributed by atoms with Crippen LogP contribution in [0.4, 0.5) is 0 Å². The van der Waals surface area contributed by atoms with Crippen LogP contribution in [0, 0.1) is 5.92 Å². The lowest BCUT2D eigenvalue weighted by Gasteiger charge is -2.32. The summed E-state index contributed by atoms with van der Waals surface area (Å²) in [5, 5.41) is 17.8. The molecule has 0 spiro atoms. The zero-order chi connectivity index (χ0) is 22.7. The number of aliphatic carboxylic acids is 2. The normalized spacial score (nSPS) is 12.8. The highest BCUT2D eigenvalue weighted by Crippen LogP contribution is 2.24. The fraction of sp³-hybridized carbons (Fsp3) is 0.913. The van der Waals surface area contributed by atoms with Crippen LogP contribution in [0.15, 0.2) is 0 Å². The van der Waals surface area contributed by atoms with Gasteiger partial charge in [-0.1, -0.05) is 57.8 Å². The minimum absolute atomic E-state index is 0.282. The Hall–Kier alpha value is -1.18. The Bertz CT molecular complexity index is 422. The van der Waals surface area contributed by atoms with E-state index in [4.69, 9.17) is 24.4 Å². The monoisotopic (exact) mass is 432 g/mol. The summed E-state index contributed by atoms with van der Waals surface area (Å²) in [4.78, 5) is 21.7. The predicted octanol–water partition coefficient (Wildman–Crippen LogP) is 5.61. The van der Waals surface area contributed by atoms with E-state index in [1.807, 2.05) is 20.8 Å².